The number of nitrogens with two attached hydrogens (primary N) is 4. The number of ether oxygens (including phenoxy) is 2. The van der Waals surface area contributed by atoms with Crippen molar-refractivity contribution in [3.63, 3.8) is 0 Å². The normalized spacial score (nSPS) is 19.7. The molecule has 15 heterocycles. The van der Waals surface area contributed by atoms with Crippen molar-refractivity contribution in [2.24, 2.45) is 0 Å². The third-order valence-corrected chi connectivity index (χ3v) is 20.8. The minimum atomic E-state index is -0.459. The van der Waals surface area contributed by atoms with E-state index >= 15 is 0 Å². The molecule has 26 heteroatoms. The lowest BCUT2D eigenvalue weighted by molar-refractivity contribution is -0.0746. The molecule has 0 radical (unpaired) electrons. The van der Waals surface area contributed by atoms with Crippen molar-refractivity contribution >= 4 is 46.4 Å². The van der Waals surface area contributed by atoms with Gasteiger partial charge in [0.15, 0.2) is 0 Å². The number of aromatic nitrogens is 6. The molecule has 8 N–H and O–H groups in total. The zero-order valence-electron chi connectivity index (χ0n) is 57.3. The standard InChI is InChI=1S/C20H25N5O.C19H21FN4O2.C19H21FN4O.C18H21N5O2/c21-18-14-22-8-5-17(18)15-3-4-19(23-13-15)20(26)25-11-6-16(7-12-25)24-9-1-2-10-24;20-17-9-13(1-2-15(17)16-3-4-22-10-18(16)21)19(25)24-7-5-23(6-8-24)14-11-26-12-14;20-17-11-13(1-2-15(17)16-3-6-22-12-18(16)21)19(25)24-10-9-23-7-4-14(24)5-8-23;19-16-10-20-4-3-15(16)13-1-2-17(21-9-13)18(24)23-7-5-22(6-8-23)14-11-25-12-14/h3-5,8,13-14,16H,1-2,6-7,9-12,21H2;1-4,9-10,14H,5-8,11-12,21H2;1-3,6,11-12,14H,4-5,7-10,21H2;1-4,9-10,14H,5-8,11-12,19H2. The largest absolute Gasteiger partial charge is 0.397 e. The highest BCUT2D eigenvalue weighted by Crippen LogP contribution is 2.33. The minimum Gasteiger partial charge on any atom is -0.397 e. The summed E-state index contributed by atoms with van der Waals surface area (Å²) in [5, 5.41) is 0. The summed E-state index contributed by atoms with van der Waals surface area (Å²) in [5.41, 5.74) is 32.9. The van der Waals surface area contributed by atoms with Crippen LogP contribution in [0, 0.1) is 11.6 Å². The van der Waals surface area contributed by atoms with Crippen LogP contribution in [0.5, 0.6) is 0 Å². The number of likely N-dealkylation sites (tertiary alicyclic amines) is 2. The number of halogens is 2. The zero-order valence-corrected chi connectivity index (χ0v) is 57.3. The first kappa shape index (κ1) is 70.5. The van der Waals surface area contributed by atoms with Crippen LogP contribution in [0.2, 0.25) is 0 Å². The summed E-state index contributed by atoms with van der Waals surface area (Å²) >= 11 is 0. The molecular weight excluding hydrogens is 1300 g/mol. The van der Waals surface area contributed by atoms with Crippen LogP contribution in [-0.2, 0) is 9.47 Å². The van der Waals surface area contributed by atoms with E-state index in [1.807, 2.05) is 39.0 Å². The summed E-state index contributed by atoms with van der Waals surface area (Å²) < 4.78 is 39.7. The molecule has 9 fully saturated rings. The van der Waals surface area contributed by atoms with Crippen LogP contribution in [0.25, 0.3) is 44.5 Å². The highest BCUT2D eigenvalue weighted by molar-refractivity contribution is 5.97. The maximum Gasteiger partial charge on any atom is 0.272 e. The number of hydrogen-bond acceptors (Lipinski definition) is 20. The van der Waals surface area contributed by atoms with E-state index in [-0.39, 0.29) is 29.7 Å². The van der Waals surface area contributed by atoms with Crippen LogP contribution < -0.4 is 22.9 Å². The van der Waals surface area contributed by atoms with Crippen LogP contribution in [0.3, 0.4) is 0 Å². The van der Waals surface area contributed by atoms with Gasteiger partial charge in [0.2, 0.25) is 0 Å². The van der Waals surface area contributed by atoms with Crippen molar-refractivity contribution in [3.8, 4) is 44.5 Å². The van der Waals surface area contributed by atoms with Gasteiger partial charge in [-0.1, -0.05) is 24.3 Å². The summed E-state index contributed by atoms with van der Waals surface area (Å²) in [5.74, 6) is -1.10. The number of fused-ring (bicyclic) bond motifs is 4. The van der Waals surface area contributed by atoms with Gasteiger partial charge in [0, 0.05) is 197 Å². The first-order valence-corrected chi connectivity index (χ1v) is 35.3. The SMILES string of the molecule is Nc1cnccc1-c1ccc(C(=O)N2CCC(N3CCCC3)CC2)nc1.Nc1cnccc1-c1ccc(C(=O)N2CCN(C3COC3)CC2)cc1F.Nc1cnccc1-c1ccc(C(=O)N2CCN(C3COC3)CC2)nc1.Nc1cnccc1-c1ccc(C(=O)N2CCN3CCC2CC3)cc1F. The fourth-order valence-electron chi connectivity index (χ4n) is 14.6. The lowest BCUT2D eigenvalue weighted by Gasteiger charge is -2.42. The van der Waals surface area contributed by atoms with E-state index in [1.54, 1.807) is 103 Å². The van der Waals surface area contributed by atoms with Gasteiger partial charge in [-0.15, -0.1) is 0 Å². The van der Waals surface area contributed by atoms with Crippen molar-refractivity contribution in [1.82, 2.24) is 69.1 Å². The molecule has 9 saturated heterocycles. The Morgan fingerprint density at radius 2 is 0.755 bits per heavy atom. The van der Waals surface area contributed by atoms with Crippen LogP contribution >= 0.6 is 0 Å². The van der Waals surface area contributed by atoms with Gasteiger partial charge in [0.25, 0.3) is 23.6 Å². The summed E-state index contributed by atoms with van der Waals surface area (Å²) in [6.07, 6.45) is 22.9. The molecule has 8 aromatic rings. The van der Waals surface area contributed by atoms with Gasteiger partial charge in [-0.2, -0.15) is 0 Å². The molecule has 2 bridgehead atoms. The number of piperazine rings is 2. The van der Waals surface area contributed by atoms with Gasteiger partial charge in [-0.05, 0) is 112 Å². The van der Waals surface area contributed by atoms with E-state index in [4.69, 9.17) is 32.4 Å². The molecule has 6 aromatic heterocycles. The quantitative estimate of drug-likeness (QED) is 0.0985. The molecule has 0 aliphatic carbocycles. The van der Waals surface area contributed by atoms with Crippen LogP contribution in [0.1, 0.15) is 80.2 Å². The minimum absolute atomic E-state index is 0.0150. The van der Waals surface area contributed by atoms with Gasteiger partial charge in [-0.3, -0.25) is 58.9 Å². The fraction of sp³-hybridized carbons (Fsp3) is 0.395. The van der Waals surface area contributed by atoms with Crippen molar-refractivity contribution < 1.29 is 37.4 Å². The first-order valence-electron chi connectivity index (χ1n) is 35.3. The second-order valence-corrected chi connectivity index (χ2v) is 27.0. The van der Waals surface area contributed by atoms with Gasteiger partial charge in [0.05, 0.1) is 86.0 Å². The maximum absolute atomic E-state index is 14.7. The molecular formula is C76H88F2N18O6. The third kappa shape index (κ3) is 16.5. The number of benzene rings is 2. The lowest BCUT2D eigenvalue weighted by Crippen LogP contribution is -2.57. The number of hydrogen-bond donors (Lipinski definition) is 4. The number of rotatable bonds is 11. The van der Waals surface area contributed by atoms with Gasteiger partial charge in [0.1, 0.15) is 23.0 Å². The second-order valence-electron chi connectivity index (χ2n) is 27.0. The second kappa shape index (κ2) is 32.8. The number of piperidine rings is 2. The molecule has 0 unspecified atom stereocenters. The van der Waals surface area contributed by atoms with E-state index in [2.05, 4.69) is 49.5 Å². The number of pyridine rings is 6. The molecule has 24 nitrogen and oxygen atoms in total. The Kier molecular flexibility index (Phi) is 22.7. The summed E-state index contributed by atoms with van der Waals surface area (Å²) in [6, 6.07) is 25.5. The number of nitrogen functional groups attached to an aromatic ring is 4. The Morgan fingerprint density at radius 1 is 0.363 bits per heavy atom. The van der Waals surface area contributed by atoms with Gasteiger partial charge < -0.3 is 61.8 Å². The van der Waals surface area contributed by atoms with E-state index in [0.717, 1.165) is 146 Å². The molecule has 4 amide bonds. The molecule has 0 spiro atoms. The highest BCUT2D eigenvalue weighted by Gasteiger charge is 2.36. The van der Waals surface area contributed by atoms with Crippen molar-refractivity contribution in [2.75, 3.05) is 154 Å². The summed E-state index contributed by atoms with van der Waals surface area (Å²) in [6.45, 7) is 17.2. The Labute approximate surface area is 592 Å². The number of amides is 4. The molecule has 0 saturated carbocycles. The Morgan fingerprint density at radius 3 is 1.15 bits per heavy atom. The molecule has 532 valence electrons. The fourth-order valence-corrected chi connectivity index (χ4v) is 14.6. The van der Waals surface area contributed by atoms with E-state index < -0.39 is 11.6 Å². The van der Waals surface area contributed by atoms with Gasteiger partial charge >= 0.3 is 0 Å². The molecule has 17 rings (SSSR count). The number of carbonyl (C=O) groups is 4. The summed E-state index contributed by atoms with van der Waals surface area (Å²) in [4.78, 5) is 92.9. The third-order valence-electron chi connectivity index (χ3n) is 20.8. The van der Waals surface area contributed by atoms with Crippen LogP contribution in [-0.4, -0.2) is 248 Å². The van der Waals surface area contributed by atoms with Crippen molar-refractivity contribution in [1.29, 1.82) is 0 Å². The molecule has 102 heavy (non-hydrogen) atoms. The predicted octanol–water partition coefficient (Wildman–Crippen LogP) is 7.33. The predicted molar refractivity (Wildman–Crippen MR) is 386 cm³/mol. The number of nitrogens with zero attached hydrogens (tertiary/aromatic N) is 14. The maximum atomic E-state index is 14.7. The lowest BCUT2D eigenvalue weighted by atomic mass is 10.0. The van der Waals surface area contributed by atoms with E-state index in [1.165, 1.54) is 50.5 Å². The van der Waals surface area contributed by atoms with Crippen molar-refractivity contribution in [3.05, 3.63) is 181 Å². The zero-order chi connectivity index (χ0) is 70.6. The molecule has 0 atom stereocenters. The van der Waals surface area contributed by atoms with E-state index in [0.29, 0.717) is 105 Å². The molecule has 9 aliphatic rings. The molecule has 9 aliphatic heterocycles. The average Bonchev–Trinajstić information content (AvgIpc) is 1.13. The van der Waals surface area contributed by atoms with E-state index in [9.17, 15) is 28.0 Å². The number of anilines is 4. The average molecular weight is 1390 g/mol. The smallest absolute Gasteiger partial charge is 0.272 e. The Bertz CT molecular complexity index is 4210. The number of carbonyl (C=O) groups excluding carboxylic acids is 4. The Balaban J connectivity index is 0.000000121. The monoisotopic (exact) mass is 1390 g/mol. The summed E-state index contributed by atoms with van der Waals surface area (Å²) in [7, 11) is 0. The van der Waals surface area contributed by atoms with Gasteiger partial charge in [-0.25, -0.2) is 8.78 Å². The topological polar surface area (TPSA) is 294 Å². The van der Waals surface area contributed by atoms with Crippen LogP contribution in [0.15, 0.2) is 147 Å². The molecule has 2 aromatic carbocycles. The Hall–Kier alpha value is -9.96. The first-order chi connectivity index (χ1) is 49.7. The highest BCUT2D eigenvalue weighted by atomic mass is 19.1. The van der Waals surface area contributed by atoms with Crippen molar-refractivity contribution in [2.45, 2.75) is 62.7 Å². The van der Waals surface area contributed by atoms with Crippen LogP contribution in [0.4, 0.5) is 31.5 Å².